The van der Waals surface area contributed by atoms with Crippen LogP contribution in [0.1, 0.15) is 0 Å². The molecular weight excluding hydrogens is 393 g/mol. The molecule has 0 fully saturated rings. The fraction of sp³-hybridized carbons (Fsp3) is 0.556. The average Bonchev–Trinajstić information content (AvgIpc) is 3.05. The van der Waals surface area contributed by atoms with Crippen LogP contribution in [-0.4, -0.2) is 30.4 Å². The van der Waals surface area contributed by atoms with Crippen molar-refractivity contribution in [3.8, 4) is 9.75 Å². The van der Waals surface area contributed by atoms with Crippen molar-refractivity contribution in [3.05, 3.63) is 24.3 Å². The lowest BCUT2D eigenvalue weighted by molar-refractivity contribution is 1.75. The molecule has 0 atom stereocenters. The zero-order chi connectivity index (χ0) is 18.6. The molecule has 0 saturated heterocycles. The second kappa shape index (κ2) is 6.46. The Morgan fingerprint density at radius 1 is 0.500 bits per heavy atom. The molecule has 2 heterocycles. The fourth-order valence-corrected chi connectivity index (χ4v) is 20.5. The molecule has 0 bridgehead atoms. The first kappa shape index (κ1) is 20.6. The van der Waals surface area contributed by atoms with Crippen LogP contribution >= 0.6 is 22.7 Å². The van der Waals surface area contributed by atoms with Crippen molar-refractivity contribution in [1.29, 1.82) is 0 Å². The minimum atomic E-state index is -1.28. The zero-order valence-corrected chi connectivity index (χ0v) is 22.8. The van der Waals surface area contributed by atoms with E-state index in [0.29, 0.717) is 0 Å². The van der Waals surface area contributed by atoms with Crippen LogP contribution in [0.4, 0.5) is 0 Å². The van der Waals surface area contributed by atoms with E-state index in [4.69, 9.17) is 0 Å². The summed E-state index contributed by atoms with van der Waals surface area (Å²) < 4.78 is 3.40. The largest absolute Gasteiger partial charge is 0.144 e. The highest BCUT2D eigenvalue weighted by molar-refractivity contribution is 7.53. The summed E-state index contributed by atoms with van der Waals surface area (Å²) in [4.78, 5) is 3.00. The van der Waals surface area contributed by atoms with Gasteiger partial charge in [0.25, 0.3) is 0 Å². The molecule has 0 N–H and O–H groups in total. The normalized spacial score (nSPS) is 14.2. The van der Waals surface area contributed by atoms with E-state index < -0.39 is 30.4 Å². The van der Waals surface area contributed by atoms with Gasteiger partial charge in [-0.1, -0.05) is 77.6 Å². The monoisotopic (exact) mass is 426 g/mol. The van der Waals surface area contributed by atoms with E-state index >= 15 is 0 Å². The quantitative estimate of drug-likeness (QED) is 0.504. The van der Waals surface area contributed by atoms with Crippen molar-refractivity contribution in [1.82, 2.24) is 0 Å². The molecule has 6 heteroatoms. The Morgan fingerprint density at radius 3 is 1.04 bits per heavy atom. The minimum Gasteiger partial charge on any atom is -0.144 e. The molecule has 0 nitrogen and oxygen atoms in total. The van der Waals surface area contributed by atoms with Crippen LogP contribution in [0.5, 0.6) is 0 Å². The molecule has 0 unspecified atom stereocenters. The van der Waals surface area contributed by atoms with Gasteiger partial charge in [0.2, 0.25) is 0 Å². The first-order valence-corrected chi connectivity index (χ1v) is 25.5. The Hall–Kier alpha value is 0.268. The van der Waals surface area contributed by atoms with Crippen molar-refractivity contribution in [3.63, 3.8) is 0 Å². The van der Waals surface area contributed by atoms with Crippen molar-refractivity contribution in [2.75, 3.05) is 0 Å². The Morgan fingerprint density at radius 2 is 0.792 bits per heavy atom. The van der Waals surface area contributed by atoms with Crippen LogP contribution in [0.3, 0.4) is 0 Å². The Kier molecular flexibility index (Phi) is 5.54. The highest BCUT2D eigenvalue weighted by atomic mass is 32.1. The van der Waals surface area contributed by atoms with Crippen LogP contribution in [-0.2, 0) is 0 Å². The first-order chi connectivity index (χ1) is 10.7. The lowest BCUT2D eigenvalue weighted by atomic mass is 10.4. The maximum Gasteiger partial charge on any atom is 0.0862 e. The third kappa shape index (κ3) is 3.69. The number of thiophene rings is 2. The summed E-state index contributed by atoms with van der Waals surface area (Å²) in [6.45, 7) is 25.6. The Labute approximate surface area is 161 Å². The molecule has 0 spiro atoms. The van der Waals surface area contributed by atoms with Crippen molar-refractivity contribution in [2.45, 2.75) is 65.5 Å². The first-order valence-electron chi connectivity index (χ1n) is 8.89. The van der Waals surface area contributed by atoms with Crippen molar-refractivity contribution in [2.24, 2.45) is 0 Å². The van der Waals surface area contributed by atoms with E-state index in [1.165, 1.54) is 9.75 Å². The lowest BCUT2D eigenvalue weighted by Gasteiger charge is -2.34. The van der Waals surface area contributed by atoms with Crippen molar-refractivity contribution < 1.29 is 0 Å². The van der Waals surface area contributed by atoms with E-state index in [1.807, 2.05) is 0 Å². The van der Waals surface area contributed by atoms with Gasteiger partial charge >= 0.3 is 0 Å². The van der Waals surface area contributed by atoms with Gasteiger partial charge in [0.1, 0.15) is 0 Å². The number of rotatable bonds is 5. The van der Waals surface area contributed by atoms with Gasteiger partial charge < -0.3 is 0 Å². The maximum atomic E-state index is 2.58. The predicted octanol–water partition coefficient (Wildman–Crippen LogP) is 6.14. The molecule has 2 aromatic rings. The highest BCUT2D eigenvalue weighted by Gasteiger charge is 2.41. The van der Waals surface area contributed by atoms with Gasteiger partial charge in [-0.25, -0.2) is 0 Å². The summed E-state index contributed by atoms with van der Waals surface area (Å²) in [5.41, 5.74) is 0. The molecule has 24 heavy (non-hydrogen) atoms. The van der Waals surface area contributed by atoms with Gasteiger partial charge in [-0.2, -0.15) is 0 Å². The summed E-state index contributed by atoms with van der Waals surface area (Å²) in [5, 5.41) is 0. The number of hydrogen-bond donors (Lipinski definition) is 0. The van der Waals surface area contributed by atoms with E-state index in [1.54, 1.807) is 9.00 Å². The smallest absolute Gasteiger partial charge is 0.0862 e. The van der Waals surface area contributed by atoms with Gasteiger partial charge in [0, 0.05) is 24.9 Å². The van der Waals surface area contributed by atoms with Crippen LogP contribution in [0.2, 0.25) is 65.5 Å². The molecule has 2 rings (SSSR count). The molecule has 2 aromatic heterocycles. The minimum absolute atomic E-state index is 1.10. The van der Waals surface area contributed by atoms with Gasteiger partial charge in [0.15, 0.2) is 0 Å². The maximum absolute atomic E-state index is 2.58. The van der Waals surface area contributed by atoms with Crippen LogP contribution in [0.25, 0.3) is 9.75 Å². The summed E-state index contributed by atoms with van der Waals surface area (Å²) in [6, 6.07) is 9.69. The third-order valence-electron chi connectivity index (χ3n) is 6.44. The van der Waals surface area contributed by atoms with Crippen LogP contribution in [0.15, 0.2) is 24.3 Å². The molecule has 0 aliphatic rings. The predicted molar refractivity (Wildman–Crippen MR) is 129 cm³/mol. The standard InChI is InChI=1S/C18H34S2Si4/c1-21(2,3)23(7,8)17-13-11-15(19-17)16-12-14-18(20-16)24(9,10)22(4,5)6/h11-14H,1-10H3. The molecule has 0 amide bonds. The molecule has 0 aromatic carbocycles. The van der Waals surface area contributed by atoms with E-state index in [-0.39, 0.29) is 0 Å². The molecule has 134 valence electrons. The SMILES string of the molecule is C[Si](C)(C)[Si](C)(C)c1ccc(-c2ccc([Si](C)(C)[Si](C)(C)C)s2)s1. The van der Waals surface area contributed by atoms with E-state index in [9.17, 15) is 0 Å². The second-order valence-corrected chi connectivity index (χ2v) is 46.0. The molecule has 0 radical (unpaired) electrons. The summed E-state index contributed by atoms with van der Waals surface area (Å²) in [6.07, 6.45) is 0. The topological polar surface area (TPSA) is 0 Å². The third-order valence-corrected chi connectivity index (χ3v) is 47.6. The fourth-order valence-electron chi connectivity index (χ4n) is 2.35. The zero-order valence-electron chi connectivity index (χ0n) is 17.1. The lowest BCUT2D eigenvalue weighted by Crippen LogP contribution is -2.60. The summed E-state index contributed by atoms with van der Waals surface area (Å²) in [5.74, 6) is 0. The highest BCUT2D eigenvalue weighted by Crippen LogP contribution is 2.32. The number of hydrogen-bond acceptors (Lipinski definition) is 2. The van der Waals surface area contributed by atoms with Gasteiger partial charge in [0.05, 0.1) is 15.2 Å². The summed E-state index contributed by atoms with van der Waals surface area (Å²) in [7, 11) is -4.75. The van der Waals surface area contributed by atoms with E-state index in [2.05, 4.69) is 112 Å². The molecular formula is C18H34S2Si4. The average molecular weight is 427 g/mol. The Bertz CT molecular complexity index is 650. The Balaban J connectivity index is 2.37. The van der Waals surface area contributed by atoms with E-state index in [0.717, 1.165) is 0 Å². The van der Waals surface area contributed by atoms with Crippen LogP contribution in [0, 0.1) is 0 Å². The van der Waals surface area contributed by atoms with Crippen LogP contribution < -0.4 is 9.00 Å². The molecule has 0 aliphatic heterocycles. The molecule has 0 saturated carbocycles. The summed E-state index contributed by atoms with van der Waals surface area (Å²) >= 11 is 4.17. The van der Waals surface area contributed by atoms with Crippen molar-refractivity contribution >= 4 is 62.0 Å². The van der Waals surface area contributed by atoms with Gasteiger partial charge in [-0.3, -0.25) is 0 Å². The molecule has 0 aliphatic carbocycles. The second-order valence-electron chi connectivity index (χ2n) is 10.1. The van der Waals surface area contributed by atoms with Gasteiger partial charge in [-0.05, 0) is 21.1 Å². The van der Waals surface area contributed by atoms with Gasteiger partial charge in [-0.15, -0.1) is 22.7 Å².